The van der Waals surface area contributed by atoms with Crippen molar-refractivity contribution in [2.45, 2.75) is 17.0 Å². The second-order valence-corrected chi connectivity index (χ2v) is 8.76. The van der Waals surface area contributed by atoms with Gasteiger partial charge in [0, 0.05) is 10.2 Å². The van der Waals surface area contributed by atoms with Crippen molar-refractivity contribution >= 4 is 61.4 Å². The maximum atomic E-state index is 12.1. The summed E-state index contributed by atoms with van der Waals surface area (Å²) < 4.78 is 1.90. The van der Waals surface area contributed by atoms with E-state index in [2.05, 4.69) is 43.6 Å². The number of carbonyl (C=O) groups excluding carboxylic acids is 1. The summed E-state index contributed by atoms with van der Waals surface area (Å²) >= 11 is 7.85. The van der Waals surface area contributed by atoms with Crippen LogP contribution in [0.15, 0.2) is 44.5 Å². The molecule has 0 bridgehead atoms. The van der Waals surface area contributed by atoms with E-state index >= 15 is 0 Å². The number of benzene rings is 1. The largest absolute Gasteiger partial charge is 0.296 e. The number of nitrogens with zero attached hydrogens (tertiary/aromatic N) is 2. The Morgan fingerprint density at radius 3 is 2.78 bits per heavy atom. The van der Waals surface area contributed by atoms with Gasteiger partial charge in [0.05, 0.1) is 4.88 Å². The van der Waals surface area contributed by atoms with E-state index in [1.54, 1.807) is 11.8 Å². The highest BCUT2D eigenvalue weighted by molar-refractivity contribution is 9.10. The second-order valence-electron chi connectivity index (χ2n) is 4.73. The Bertz CT molecular complexity index is 813. The third-order valence-electron chi connectivity index (χ3n) is 2.86. The molecule has 23 heavy (non-hydrogen) atoms. The molecule has 3 rings (SSSR count). The maximum absolute atomic E-state index is 12.1. The van der Waals surface area contributed by atoms with Crippen LogP contribution in [0.4, 0.5) is 5.13 Å². The van der Waals surface area contributed by atoms with E-state index in [0.29, 0.717) is 10.0 Å². The Morgan fingerprint density at radius 1 is 1.30 bits per heavy atom. The first-order chi connectivity index (χ1) is 11.1. The predicted octanol–water partition coefficient (Wildman–Crippen LogP) is 5.22. The number of aromatic nitrogens is 2. The Kier molecular flexibility index (Phi) is 5.47. The Labute approximate surface area is 154 Å². The highest BCUT2D eigenvalue weighted by atomic mass is 79.9. The summed E-state index contributed by atoms with van der Waals surface area (Å²) in [4.78, 5) is 12.8. The molecule has 118 valence electrons. The summed E-state index contributed by atoms with van der Waals surface area (Å²) in [6.07, 6.45) is 0. The molecule has 1 amide bonds. The van der Waals surface area contributed by atoms with Crippen LogP contribution < -0.4 is 5.32 Å². The quantitative estimate of drug-likeness (QED) is 0.449. The standard InChI is InChI=1S/C15H12BrN3OS3/c1-9-6-12(21-7-9)13(20)17-14-18-19-15(23-14)22-8-10-2-4-11(16)5-3-10/h2-7H,8H2,1H3,(H,17,18,20). The number of anilines is 1. The van der Waals surface area contributed by atoms with E-state index in [4.69, 9.17) is 0 Å². The molecule has 0 atom stereocenters. The lowest BCUT2D eigenvalue weighted by molar-refractivity contribution is 0.103. The molecule has 0 aliphatic carbocycles. The number of carbonyl (C=O) groups is 1. The molecule has 2 aromatic heterocycles. The first-order valence-electron chi connectivity index (χ1n) is 6.67. The van der Waals surface area contributed by atoms with Gasteiger partial charge in [-0.05, 0) is 41.6 Å². The number of thioether (sulfide) groups is 1. The van der Waals surface area contributed by atoms with Gasteiger partial charge in [0.2, 0.25) is 5.13 Å². The van der Waals surface area contributed by atoms with Gasteiger partial charge in [-0.15, -0.1) is 21.5 Å². The maximum Gasteiger partial charge on any atom is 0.267 e. The lowest BCUT2D eigenvalue weighted by atomic mass is 10.2. The van der Waals surface area contributed by atoms with Crippen molar-refractivity contribution in [1.82, 2.24) is 10.2 Å². The van der Waals surface area contributed by atoms with Gasteiger partial charge in [0.15, 0.2) is 4.34 Å². The van der Waals surface area contributed by atoms with E-state index in [1.807, 2.05) is 30.5 Å². The first kappa shape index (κ1) is 16.6. The van der Waals surface area contributed by atoms with Crippen molar-refractivity contribution in [1.29, 1.82) is 0 Å². The lowest BCUT2D eigenvalue weighted by Crippen LogP contribution is -2.09. The van der Waals surface area contributed by atoms with Crippen LogP contribution in [0.1, 0.15) is 20.8 Å². The van der Waals surface area contributed by atoms with Crippen molar-refractivity contribution in [2.24, 2.45) is 0 Å². The zero-order valence-electron chi connectivity index (χ0n) is 12.1. The Morgan fingerprint density at radius 2 is 2.09 bits per heavy atom. The van der Waals surface area contributed by atoms with E-state index in [9.17, 15) is 4.79 Å². The molecule has 0 spiro atoms. The number of thiophene rings is 1. The van der Waals surface area contributed by atoms with Gasteiger partial charge >= 0.3 is 0 Å². The lowest BCUT2D eigenvalue weighted by Gasteiger charge is -1.98. The number of amides is 1. The van der Waals surface area contributed by atoms with Crippen molar-refractivity contribution in [3.63, 3.8) is 0 Å². The van der Waals surface area contributed by atoms with Crippen LogP contribution in [0.2, 0.25) is 0 Å². The summed E-state index contributed by atoms with van der Waals surface area (Å²) in [7, 11) is 0. The highest BCUT2D eigenvalue weighted by Gasteiger charge is 2.12. The van der Waals surface area contributed by atoms with Gasteiger partial charge in [0.25, 0.3) is 5.91 Å². The molecular weight excluding hydrogens is 414 g/mol. The van der Waals surface area contributed by atoms with Crippen LogP contribution in [0, 0.1) is 6.92 Å². The van der Waals surface area contributed by atoms with Crippen molar-refractivity contribution < 1.29 is 4.79 Å². The number of aryl methyl sites for hydroxylation is 1. The highest BCUT2D eigenvalue weighted by Crippen LogP contribution is 2.29. The van der Waals surface area contributed by atoms with Gasteiger partial charge in [-0.1, -0.05) is 51.2 Å². The van der Waals surface area contributed by atoms with E-state index in [1.165, 1.54) is 28.2 Å². The molecule has 3 aromatic rings. The third-order valence-corrected chi connectivity index (χ3v) is 6.48. The average Bonchev–Trinajstić information content (AvgIpc) is 3.16. The average molecular weight is 426 g/mol. The van der Waals surface area contributed by atoms with Crippen molar-refractivity contribution in [2.75, 3.05) is 5.32 Å². The number of nitrogens with one attached hydrogen (secondary N) is 1. The van der Waals surface area contributed by atoms with E-state index in [-0.39, 0.29) is 5.91 Å². The molecule has 0 fully saturated rings. The summed E-state index contributed by atoms with van der Waals surface area (Å²) in [5, 5.41) is 13.4. The third kappa shape index (κ3) is 4.63. The van der Waals surface area contributed by atoms with Crippen LogP contribution >= 0.6 is 50.4 Å². The van der Waals surface area contributed by atoms with Gasteiger partial charge in [0.1, 0.15) is 0 Å². The van der Waals surface area contributed by atoms with Gasteiger partial charge in [-0.2, -0.15) is 0 Å². The number of rotatable bonds is 5. The second kappa shape index (κ2) is 7.57. The topological polar surface area (TPSA) is 54.9 Å². The van der Waals surface area contributed by atoms with E-state index in [0.717, 1.165) is 20.1 Å². The van der Waals surface area contributed by atoms with Crippen LogP contribution in [0.25, 0.3) is 0 Å². The molecule has 0 saturated carbocycles. The smallest absolute Gasteiger partial charge is 0.267 e. The van der Waals surface area contributed by atoms with Gasteiger partial charge in [-0.25, -0.2) is 0 Å². The minimum absolute atomic E-state index is 0.135. The number of hydrogen-bond donors (Lipinski definition) is 1. The molecule has 1 aromatic carbocycles. The van der Waals surface area contributed by atoms with Crippen molar-refractivity contribution in [3.05, 3.63) is 56.2 Å². The summed E-state index contributed by atoms with van der Waals surface area (Å²) in [6, 6.07) is 10.0. The fourth-order valence-corrected chi connectivity index (χ4v) is 4.51. The minimum atomic E-state index is -0.135. The zero-order valence-corrected chi connectivity index (χ0v) is 16.1. The van der Waals surface area contributed by atoms with Crippen LogP contribution in [0.3, 0.4) is 0 Å². The minimum Gasteiger partial charge on any atom is -0.296 e. The van der Waals surface area contributed by atoms with Crippen LogP contribution in [0.5, 0.6) is 0 Å². The molecule has 4 nitrogen and oxygen atoms in total. The number of hydrogen-bond acceptors (Lipinski definition) is 6. The van der Waals surface area contributed by atoms with Gasteiger partial charge < -0.3 is 0 Å². The molecule has 2 heterocycles. The molecular formula is C15H12BrN3OS3. The SMILES string of the molecule is Cc1csc(C(=O)Nc2nnc(SCc3ccc(Br)cc3)s2)c1. The molecule has 1 N–H and O–H groups in total. The van der Waals surface area contributed by atoms with Crippen LogP contribution in [-0.4, -0.2) is 16.1 Å². The summed E-state index contributed by atoms with van der Waals surface area (Å²) in [5.74, 6) is 0.684. The van der Waals surface area contributed by atoms with E-state index < -0.39 is 0 Å². The number of halogens is 1. The zero-order chi connectivity index (χ0) is 16.2. The molecule has 0 saturated heterocycles. The molecule has 0 aliphatic heterocycles. The summed E-state index contributed by atoms with van der Waals surface area (Å²) in [5.41, 5.74) is 2.30. The molecule has 8 heteroatoms. The normalized spacial score (nSPS) is 10.7. The predicted molar refractivity (Wildman–Crippen MR) is 101 cm³/mol. The van der Waals surface area contributed by atoms with Gasteiger partial charge in [-0.3, -0.25) is 10.1 Å². The van der Waals surface area contributed by atoms with Crippen molar-refractivity contribution in [3.8, 4) is 0 Å². The fourth-order valence-electron chi connectivity index (χ4n) is 1.75. The van der Waals surface area contributed by atoms with Crippen LogP contribution in [-0.2, 0) is 5.75 Å². The molecule has 0 unspecified atom stereocenters. The Hall–Kier alpha value is -1.22. The first-order valence-corrected chi connectivity index (χ1v) is 10.1. The Balaban J connectivity index is 1.57. The summed E-state index contributed by atoms with van der Waals surface area (Å²) in [6.45, 7) is 1.97. The molecule has 0 aliphatic rings. The molecule has 0 radical (unpaired) electrons. The monoisotopic (exact) mass is 425 g/mol. The fraction of sp³-hybridized carbons (Fsp3) is 0.133.